The highest BCUT2D eigenvalue weighted by atomic mass is 32.2. The van der Waals surface area contributed by atoms with Crippen LogP contribution in [0.3, 0.4) is 0 Å². The molecular formula is C16H24N2O3S. The Morgan fingerprint density at radius 3 is 2.64 bits per heavy atom. The van der Waals surface area contributed by atoms with Gasteiger partial charge in [-0.15, -0.1) is 0 Å². The van der Waals surface area contributed by atoms with Gasteiger partial charge in [0.25, 0.3) is 5.91 Å². The summed E-state index contributed by atoms with van der Waals surface area (Å²) in [4.78, 5) is 14.4. The van der Waals surface area contributed by atoms with Gasteiger partial charge in [0.2, 0.25) is 10.0 Å². The Morgan fingerprint density at radius 2 is 1.95 bits per heavy atom. The molecule has 0 aromatic heterocycles. The molecular weight excluding hydrogens is 300 g/mol. The number of nitrogens with one attached hydrogen (secondary N) is 1. The molecule has 0 atom stereocenters. The number of carbonyl (C=O) groups is 1. The molecule has 122 valence electrons. The quantitative estimate of drug-likeness (QED) is 0.817. The second-order valence-electron chi connectivity index (χ2n) is 5.63. The predicted octanol–water partition coefficient (Wildman–Crippen LogP) is 2.39. The van der Waals surface area contributed by atoms with Gasteiger partial charge in [-0.3, -0.25) is 4.79 Å². The lowest BCUT2D eigenvalue weighted by Crippen LogP contribution is -2.35. The summed E-state index contributed by atoms with van der Waals surface area (Å²) in [5.74, 6) is -0.0784. The van der Waals surface area contributed by atoms with Crippen molar-refractivity contribution in [2.45, 2.75) is 43.9 Å². The number of hydrogen-bond acceptors (Lipinski definition) is 3. The predicted molar refractivity (Wildman–Crippen MR) is 86.3 cm³/mol. The molecule has 0 spiro atoms. The van der Waals surface area contributed by atoms with Crippen LogP contribution in [0.4, 0.5) is 0 Å². The van der Waals surface area contributed by atoms with Crippen molar-refractivity contribution in [1.82, 2.24) is 9.62 Å². The van der Waals surface area contributed by atoms with E-state index in [9.17, 15) is 13.2 Å². The number of hydrogen-bond donors (Lipinski definition) is 1. The lowest BCUT2D eigenvalue weighted by atomic mass is 10.1. The van der Waals surface area contributed by atoms with Crippen molar-refractivity contribution < 1.29 is 13.2 Å². The number of likely N-dealkylation sites (tertiary alicyclic amines) is 1. The fraction of sp³-hybridized carbons (Fsp3) is 0.562. The fourth-order valence-corrected chi connectivity index (χ4v) is 3.66. The summed E-state index contributed by atoms with van der Waals surface area (Å²) in [5, 5.41) is 0. The lowest BCUT2D eigenvalue weighted by Gasteiger charge is -2.26. The number of sulfonamides is 1. The van der Waals surface area contributed by atoms with Crippen LogP contribution >= 0.6 is 0 Å². The first-order chi connectivity index (χ1) is 10.5. The Labute approximate surface area is 132 Å². The zero-order chi connectivity index (χ0) is 16.0. The van der Waals surface area contributed by atoms with E-state index in [2.05, 4.69) is 4.72 Å². The van der Waals surface area contributed by atoms with Crippen LogP contribution in [-0.4, -0.2) is 38.9 Å². The molecule has 1 aliphatic heterocycles. The third-order valence-electron chi connectivity index (χ3n) is 3.86. The molecule has 1 amide bonds. The summed E-state index contributed by atoms with van der Waals surface area (Å²) in [6.45, 7) is 3.93. The zero-order valence-corrected chi connectivity index (χ0v) is 13.9. The lowest BCUT2D eigenvalue weighted by molar-refractivity contribution is 0.0724. The van der Waals surface area contributed by atoms with Gasteiger partial charge in [0.15, 0.2) is 0 Å². The minimum absolute atomic E-state index is 0.0784. The summed E-state index contributed by atoms with van der Waals surface area (Å²) < 4.78 is 27.0. The van der Waals surface area contributed by atoms with E-state index >= 15 is 0 Å². The van der Waals surface area contributed by atoms with E-state index in [0.29, 0.717) is 12.1 Å². The van der Waals surface area contributed by atoms with Crippen molar-refractivity contribution in [1.29, 1.82) is 0 Å². The molecule has 0 radical (unpaired) electrons. The van der Waals surface area contributed by atoms with Gasteiger partial charge < -0.3 is 4.90 Å². The van der Waals surface area contributed by atoms with Crippen molar-refractivity contribution in [3.63, 3.8) is 0 Å². The minimum Gasteiger partial charge on any atom is -0.339 e. The summed E-state index contributed by atoms with van der Waals surface area (Å²) in [6, 6.07) is 6.32. The van der Waals surface area contributed by atoms with Gasteiger partial charge in [-0.1, -0.05) is 19.4 Å². The summed E-state index contributed by atoms with van der Waals surface area (Å²) in [5.41, 5.74) is 0.445. The second kappa shape index (κ2) is 7.74. The van der Waals surface area contributed by atoms with Crippen LogP contribution in [0.2, 0.25) is 0 Å². The smallest absolute Gasteiger partial charge is 0.253 e. The zero-order valence-electron chi connectivity index (χ0n) is 13.0. The molecule has 1 heterocycles. The van der Waals surface area contributed by atoms with Crippen LogP contribution in [0.5, 0.6) is 0 Å². The molecule has 1 N–H and O–H groups in total. The minimum atomic E-state index is -3.54. The molecule has 1 aromatic carbocycles. The van der Waals surface area contributed by atoms with Crippen LogP contribution in [-0.2, 0) is 10.0 Å². The molecule has 0 aliphatic carbocycles. The maximum Gasteiger partial charge on any atom is 0.253 e. The molecule has 1 aliphatic rings. The fourth-order valence-electron chi connectivity index (χ4n) is 2.54. The SMILES string of the molecule is CCCCNS(=O)(=O)c1cccc(C(=O)N2CCCCC2)c1. The molecule has 2 rings (SSSR count). The third-order valence-corrected chi connectivity index (χ3v) is 5.32. The van der Waals surface area contributed by atoms with Gasteiger partial charge in [0, 0.05) is 25.2 Å². The van der Waals surface area contributed by atoms with Gasteiger partial charge in [-0.05, 0) is 43.9 Å². The highest BCUT2D eigenvalue weighted by molar-refractivity contribution is 7.89. The first kappa shape index (κ1) is 17.0. The molecule has 6 heteroatoms. The number of nitrogens with zero attached hydrogens (tertiary/aromatic N) is 1. The molecule has 1 saturated heterocycles. The average Bonchev–Trinajstić information content (AvgIpc) is 2.55. The van der Waals surface area contributed by atoms with Crippen LogP contribution in [0.15, 0.2) is 29.2 Å². The summed E-state index contributed by atoms with van der Waals surface area (Å²) in [6.07, 6.45) is 4.91. The molecule has 1 fully saturated rings. The third kappa shape index (κ3) is 4.30. The monoisotopic (exact) mass is 324 g/mol. The van der Waals surface area contributed by atoms with Crippen molar-refractivity contribution in [2.24, 2.45) is 0 Å². The molecule has 5 nitrogen and oxygen atoms in total. The Bertz CT molecular complexity index is 608. The number of rotatable bonds is 6. The van der Waals surface area contributed by atoms with Gasteiger partial charge in [-0.25, -0.2) is 13.1 Å². The second-order valence-corrected chi connectivity index (χ2v) is 7.40. The Hall–Kier alpha value is -1.40. The molecule has 1 aromatic rings. The Balaban J connectivity index is 2.13. The van der Waals surface area contributed by atoms with Crippen molar-refractivity contribution in [2.75, 3.05) is 19.6 Å². The van der Waals surface area contributed by atoms with Gasteiger partial charge >= 0.3 is 0 Å². The molecule has 0 saturated carbocycles. The Kier molecular flexibility index (Phi) is 5.97. The highest BCUT2D eigenvalue weighted by Crippen LogP contribution is 2.16. The topological polar surface area (TPSA) is 66.5 Å². The van der Waals surface area contributed by atoms with Crippen LogP contribution in [0, 0.1) is 0 Å². The molecule has 22 heavy (non-hydrogen) atoms. The Morgan fingerprint density at radius 1 is 1.23 bits per heavy atom. The van der Waals surface area contributed by atoms with E-state index in [0.717, 1.165) is 45.2 Å². The maximum absolute atomic E-state index is 12.4. The maximum atomic E-state index is 12.4. The number of carbonyl (C=O) groups excluding carboxylic acids is 1. The van der Waals surface area contributed by atoms with E-state index in [1.54, 1.807) is 17.0 Å². The number of unbranched alkanes of at least 4 members (excludes halogenated alkanes) is 1. The van der Waals surface area contributed by atoms with Crippen molar-refractivity contribution in [3.8, 4) is 0 Å². The largest absolute Gasteiger partial charge is 0.339 e. The number of benzene rings is 1. The van der Waals surface area contributed by atoms with Gasteiger partial charge in [0.05, 0.1) is 4.90 Å². The van der Waals surface area contributed by atoms with E-state index in [-0.39, 0.29) is 10.8 Å². The summed E-state index contributed by atoms with van der Waals surface area (Å²) >= 11 is 0. The van der Waals surface area contributed by atoms with E-state index in [4.69, 9.17) is 0 Å². The van der Waals surface area contributed by atoms with Crippen molar-refractivity contribution >= 4 is 15.9 Å². The van der Waals surface area contributed by atoms with Crippen LogP contribution in [0.1, 0.15) is 49.4 Å². The van der Waals surface area contributed by atoms with Gasteiger partial charge in [-0.2, -0.15) is 0 Å². The first-order valence-corrected chi connectivity index (χ1v) is 9.42. The molecule has 0 unspecified atom stereocenters. The van der Waals surface area contributed by atoms with E-state index in [1.165, 1.54) is 12.1 Å². The summed E-state index contributed by atoms with van der Waals surface area (Å²) in [7, 11) is -3.54. The van der Waals surface area contributed by atoms with Gasteiger partial charge in [0.1, 0.15) is 0 Å². The first-order valence-electron chi connectivity index (χ1n) is 7.93. The van der Waals surface area contributed by atoms with E-state index < -0.39 is 10.0 Å². The standard InChI is InChI=1S/C16H24N2O3S/c1-2-3-10-17-22(20,21)15-9-7-8-14(13-15)16(19)18-11-5-4-6-12-18/h7-9,13,17H,2-6,10-12H2,1H3. The number of piperidine rings is 1. The van der Waals surface area contributed by atoms with Crippen LogP contribution in [0.25, 0.3) is 0 Å². The highest BCUT2D eigenvalue weighted by Gasteiger charge is 2.20. The van der Waals surface area contributed by atoms with Crippen molar-refractivity contribution in [3.05, 3.63) is 29.8 Å². The van der Waals surface area contributed by atoms with E-state index in [1.807, 2.05) is 6.92 Å². The average molecular weight is 324 g/mol. The normalized spacial score (nSPS) is 15.8. The number of amides is 1. The van der Waals surface area contributed by atoms with Crippen LogP contribution < -0.4 is 4.72 Å². The molecule has 0 bridgehead atoms.